The van der Waals surface area contributed by atoms with Gasteiger partial charge in [-0.25, -0.2) is 9.78 Å². The van der Waals surface area contributed by atoms with Crippen molar-refractivity contribution in [2.24, 2.45) is 0 Å². The molecule has 0 aliphatic heterocycles. The monoisotopic (exact) mass is 420 g/mol. The van der Waals surface area contributed by atoms with Gasteiger partial charge in [0.15, 0.2) is 0 Å². The number of hydrogen-bond acceptors (Lipinski definition) is 5. The first-order valence-electron chi connectivity index (χ1n) is 9.70. The molecule has 0 aliphatic rings. The van der Waals surface area contributed by atoms with Gasteiger partial charge >= 0.3 is 6.03 Å². The van der Waals surface area contributed by atoms with E-state index in [2.05, 4.69) is 15.6 Å². The number of urea groups is 1. The molecule has 0 radical (unpaired) electrons. The fourth-order valence-electron chi connectivity index (χ4n) is 2.74. The topological polar surface area (TPSA) is 92.8 Å². The van der Waals surface area contributed by atoms with E-state index in [4.69, 9.17) is 9.47 Å². The molecule has 0 bridgehead atoms. The molecular formula is C23H24N4O4. The Labute approximate surface area is 180 Å². The van der Waals surface area contributed by atoms with Crippen LogP contribution >= 0.6 is 0 Å². The minimum atomic E-state index is -0.456. The van der Waals surface area contributed by atoms with Crippen molar-refractivity contribution in [2.45, 2.75) is 6.42 Å². The zero-order valence-corrected chi connectivity index (χ0v) is 17.4. The fraction of sp³-hybridized carbons (Fsp3) is 0.174. The Morgan fingerprint density at radius 2 is 1.68 bits per heavy atom. The van der Waals surface area contributed by atoms with Crippen LogP contribution in [0.5, 0.6) is 17.4 Å². The van der Waals surface area contributed by atoms with Gasteiger partial charge in [0.25, 0.3) is 0 Å². The van der Waals surface area contributed by atoms with E-state index < -0.39 is 6.03 Å². The van der Waals surface area contributed by atoms with Gasteiger partial charge in [-0.15, -0.1) is 0 Å². The van der Waals surface area contributed by atoms with Gasteiger partial charge < -0.3 is 25.0 Å². The average molecular weight is 420 g/mol. The van der Waals surface area contributed by atoms with Crippen LogP contribution in [0.15, 0.2) is 72.9 Å². The summed E-state index contributed by atoms with van der Waals surface area (Å²) in [6.07, 6.45) is 1.74. The molecule has 3 aromatic rings. The molecule has 160 valence electrons. The lowest BCUT2D eigenvalue weighted by atomic mass is 10.3. The van der Waals surface area contributed by atoms with Gasteiger partial charge in [0.05, 0.1) is 7.11 Å². The predicted octanol–water partition coefficient (Wildman–Crippen LogP) is 4.06. The Morgan fingerprint density at radius 1 is 0.968 bits per heavy atom. The lowest BCUT2D eigenvalue weighted by Gasteiger charge is -2.17. The molecule has 31 heavy (non-hydrogen) atoms. The van der Waals surface area contributed by atoms with Crippen LogP contribution in [0.3, 0.4) is 0 Å². The maximum atomic E-state index is 12.3. The number of nitrogens with one attached hydrogen (secondary N) is 2. The lowest BCUT2D eigenvalue weighted by Crippen LogP contribution is -2.34. The Balaban J connectivity index is 1.51. The van der Waals surface area contributed by atoms with Crippen LogP contribution < -0.4 is 25.0 Å². The van der Waals surface area contributed by atoms with Crippen molar-refractivity contribution in [1.29, 1.82) is 0 Å². The van der Waals surface area contributed by atoms with E-state index in [1.165, 1.54) is 0 Å². The first kappa shape index (κ1) is 21.6. The van der Waals surface area contributed by atoms with Crippen molar-refractivity contribution in [3.8, 4) is 17.4 Å². The summed E-state index contributed by atoms with van der Waals surface area (Å²) in [7, 11) is 3.29. The molecule has 8 nitrogen and oxygen atoms in total. The highest BCUT2D eigenvalue weighted by atomic mass is 16.5. The molecule has 3 amide bonds. The zero-order chi connectivity index (χ0) is 22.1. The molecule has 0 saturated heterocycles. The van der Waals surface area contributed by atoms with Gasteiger partial charge in [0.2, 0.25) is 11.8 Å². The normalized spacial score (nSPS) is 10.1. The highest BCUT2D eigenvalue weighted by Gasteiger charge is 2.13. The standard InChI is InChI=1S/C23H24N4O4/c1-27(17-7-4-3-5-8-17)21(28)14-16-25-23(29)26-20-9-6-15-24-22(20)31-19-12-10-18(30-2)11-13-19/h3-13,15H,14,16H2,1-2H3,(H2,25,26,29). The molecule has 0 saturated carbocycles. The summed E-state index contributed by atoms with van der Waals surface area (Å²) < 4.78 is 10.9. The number of ether oxygens (including phenoxy) is 2. The summed E-state index contributed by atoms with van der Waals surface area (Å²) in [5.74, 6) is 1.41. The van der Waals surface area contributed by atoms with E-state index in [-0.39, 0.29) is 24.8 Å². The second kappa shape index (κ2) is 10.6. The van der Waals surface area contributed by atoms with E-state index in [0.717, 1.165) is 5.69 Å². The molecule has 0 unspecified atom stereocenters. The minimum absolute atomic E-state index is 0.101. The van der Waals surface area contributed by atoms with E-state index in [0.29, 0.717) is 17.2 Å². The number of methoxy groups -OCH3 is 1. The fourth-order valence-corrected chi connectivity index (χ4v) is 2.74. The van der Waals surface area contributed by atoms with Crippen molar-refractivity contribution in [1.82, 2.24) is 10.3 Å². The van der Waals surface area contributed by atoms with Crippen molar-refractivity contribution in [3.63, 3.8) is 0 Å². The second-order valence-electron chi connectivity index (χ2n) is 6.55. The van der Waals surface area contributed by atoms with Crippen LogP contribution in [0.25, 0.3) is 0 Å². The van der Waals surface area contributed by atoms with Gasteiger partial charge in [-0.1, -0.05) is 18.2 Å². The van der Waals surface area contributed by atoms with Crippen molar-refractivity contribution < 1.29 is 19.1 Å². The first-order chi connectivity index (χ1) is 15.1. The van der Waals surface area contributed by atoms with E-state index in [1.807, 2.05) is 30.3 Å². The Hall–Kier alpha value is -4.07. The van der Waals surface area contributed by atoms with Gasteiger partial charge in [-0.05, 0) is 48.5 Å². The third kappa shape index (κ3) is 6.20. The van der Waals surface area contributed by atoms with Crippen LogP contribution in [0.4, 0.5) is 16.2 Å². The van der Waals surface area contributed by atoms with Gasteiger partial charge in [-0.3, -0.25) is 4.79 Å². The summed E-state index contributed by atoms with van der Waals surface area (Å²) in [5, 5.41) is 5.38. The third-order valence-corrected chi connectivity index (χ3v) is 4.44. The number of rotatable bonds is 8. The number of carbonyl (C=O) groups is 2. The molecule has 0 atom stereocenters. The molecule has 2 aromatic carbocycles. The Bertz CT molecular complexity index is 1010. The number of anilines is 2. The SMILES string of the molecule is COc1ccc(Oc2ncccc2NC(=O)NCCC(=O)N(C)c2ccccc2)cc1. The van der Waals surface area contributed by atoms with Crippen LogP contribution in [-0.2, 0) is 4.79 Å². The second-order valence-corrected chi connectivity index (χ2v) is 6.55. The number of aromatic nitrogens is 1. The van der Waals surface area contributed by atoms with Crippen molar-refractivity contribution in [3.05, 3.63) is 72.9 Å². The largest absolute Gasteiger partial charge is 0.497 e. The molecule has 3 rings (SSSR count). The van der Waals surface area contributed by atoms with Gasteiger partial charge in [0, 0.05) is 31.9 Å². The molecule has 1 aromatic heterocycles. The van der Waals surface area contributed by atoms with Crippen LogP contribution in [-0.4, -0.2) is 37.6 Å². The van der Waals surface area contributed by atoms with E-state index in [1.54, 1.807) is 61.7 Å². The molecule has 0 aliphatic carbocycles. The maximum absolute atomic E-state index is 12.3. The molecule has 1 heterocycles. The summed E-state index contributed by atoms with van der Waals surface area (Å²) >= 11 is 0. The summed E-state index contributed by atoms with van der Waals surface area (Å²) in [5.41, 5.74) is 1.20. The molecule has 0 fully saturated rings. The quantitative estimate of drug-likeness (QED) is 0.573. The average Bonchev–Trinajstić information content (AvgIpc) is 2.81. The molecular weight excluding hydrogens is 396 g/mol. The van der Waals surface area contributed by atoms with E-state index in [9.17, 15) is 9.59 Å². The number of hydrogen-bond donors (Lipinski definition) is 2. The van der Waals surface area contributed by atoms with Crippen molar-refractivity contribution in [2.75, 3.05) is 30.9 Å². The maximum Gasteiger partial charge on any atom is 0.319 e. The first-order valence-corrected chi connectivity index (χ1v) is 9.70. The molecule has 8 heteroatoms. The number of pyridine rings is 1. The lowest BCUT2D eigenvalue weighted by molar-refractivity contribution is -0.118. The summed E-state index contributed by atoms with van der Waals surface area (Å²) in [6, 6.07) is 19.3. The van der Waals surface area contributed by atoms with E-state index >= 15 is 0 Å². The Morgan fingerprint density at radius 3 is 2.39 bits per heavy atom. The number of nitrogens with zero attached hydrogens (tertiary/aromatic N) is 2. The van der Waals surface area contributed by atoms with Crippen LogP contribution in [0.2, 0.25) is 0 Å². The molecule has 2 N–H and O–H groups in total. The summed E-state index contributed by atoms with van der Waals surface area (Å²) in [4.78, 5) is 30.3. The smallest absolute Gasteiger partial charge is 0.319 e. The van der Waals surface area contributed by atoms with Crippen LogP contribution in [0.1, 0.15) is 6.42 Å². The molecule has 0 spiro atoms. The number of carbonyl (C=O) groups excluding carboxylic acids is 2. The zero-order valence-electron chi connectivity index (χ0n) is 17.4. The highest BCUT2D eigenvalue weighted by Crippen LogP contribution is 2.28. The Kier molecular flexibility index (Phi) is 7.42. The third-order valence-electron chi connectivity index (χ3n) is 4.44. The van der Waals surface area contributed by atoms with Crippen molar-refractivity contribution >= 4 is 23.3 Å². The summed E-state index contributed by atoms with van der Waals surface area (Å²) in [6.45, 7) is 0.191. The minimum Gasteiger partial charge on any atom is -0.497 e. The van der Waals surface area contributed by atoms with Crippen LogP contribution in [0, 0.1) is 0 Å². The number of amides is 3. The predicted molar refractivity (Wildman–Crippen MR) is 119 cm³/mol. The number of benzene rings is 2. The highest BCUT2D eigenvalue weighted by molar-refractivity contribution is 5.94. The van der Waals surface area contributed by atoms with Gasteiger partial charge in [0.1, 0.15) is 17.2 Å². The van der Waals surface area contributed by atoms with Gasteiger partial charge in [-0.2, -0.15) is 0 Å². The number of para-hydroxylation sites is 1.